The number of hydrogen-bond donors (Lipinski definition) is 2. The highest BCUT2D eigenvalue weighted by Crippen LogP contribution is 2.31. The minimum atomic E-state index is -0.226. The Bertz CT molecular complexity index is 331. The number of nitrogens with one attached hydrogen (secondary N) is 1. The fraction of sp³-hybridized carbons (Fsp3) is 0.929. The Morgan fingerprint density at radius 1 is 1.05 bits per heavy atom. The summed E-state index contributed by atoms with van der Waals surface area (Å²) < 4.78 is 0. The van der Waals surface area contributed by atoms with Crippen molar-refractivity contribution in [3.63, 3.8) is 0 Å². The summed E-state index contributed by atoms with van der Waals surface area (Å²) in [5, 5.41) is 13.4. The normalized spacial score (nSPS) is 36.9. The number of carbonyl (C=O) groups is 1. The largest absolute Gasteiger partial charge is 0.391 e. The van der Waals surface area contributed by atoms with Gasteiger partial charge in [0.25, 0.3) is 0 Å². The second kappa shape index (κ2) is 5.77. The third-order valence-corrected chi connectivity index (χ3v) is 4.88. The fourth-order valence-corrected chi connectivity index (χ4v) is 3.85. The molecule has 3 rings (SSSR count). The summed E-state index contributed by atoms with van der Waals surface area (Å²) >= 11 is 0. The van der Waals surface area contributed by atoms with Crippen LogP contribution in [-0.4, -0.2) is 71.7 Å². The zero-order chi connectivity index (χ0) is 13.2. The number of aliphatic hydroxyl groups is 1. The Hall–Kier alpha value is -0.650. The third kappa shape index (κ3) is 2.64. The van der Waals surface area contributed by atoms with E-state index in [1.165, 1.54) is 0 Å². The van der Waals surface area contributed by atoms with Gasteiger partial charge in [-0.1, -0.05) is 0 Å². The van der Waals surface area contributed by atoms with Crippen LogP contribution >= 0.6 is 0 Å². The van der Waals surface area contributed by atoms with Crippen molar-refractivity contribution in [3.05, 3.63) is 0 Å². The molecule has 0 spiro atoms. The second-order valence-electron chi connectivity index (χ2n) is 6.04. The molecular formula is C14H25N3O2. The molecule has 0 aromatic rings. The van der Waals surface area contributed by atoms with Gasteiger partial charge < -0.3 is 15.3 Å². The number of piperazine rings is 1. The van der Waals surface area contributed by atoms with Crippen molar-refractivity contribution in [2.24, 2.45) is 0 Å². The number of nitrogens with zero attached hydrogens (tertiary/aromatic N) is 2. The third-order valence-electron chi connectivity index (χ3n) is 4.88. The van der Waals surface area contributed by atoms with Crippen molar-refractivity contribution in [1.29, 1.82) is 0 Å². The van der Waals surface area contributed by atoms with E-state index >= 15 is 0 Å². The van der Waals surface area contributed by atoms with Crippen molar-refractivity contribution in [2.45, 2.75) is 50.3 Å². The van der Waals surface area contributed by atoms with Gasteiger partial charge in [-0.15, -0.1) is 0 Å². The number of aliphatic hydroxyl groups excluding tert-OH is 1. The summed E-state index contributed by atoms with van der Waals surface area (Å²) in [4.78, 5) is 16.9. The topological polar surface area (TPSA) is 55.8 Å². The molecule has 2 N–H and O–H groups in total. The Balaban J connectivity index is 1.66. The molecule has 1 aliphatic carbocycles. The minimum Gasteiger partial charge on any atom is -0.391 e. The molecule has 2 saturated heterocycles. The van der Waals surface area contributed by atoms with E-state index in [9.17, 15) is 9.90 Å². The predicted octanol–water partition coefficient (Wildman–Crippen LogP) is -0.204. The highest BCUT2D eigenvalue weighted by molar-refractivity contribution is 5.82. The molecule has 1 amide bonds. The molecule has 3 aliphatic rings. The van der Waals surface area contributed by atoms with Gasteiger partial charge in [0.15, 0.2) is 0 Å². The number of rotatable bonds is 2. The Kier molecular flexibility index (Phi) is 4.05. The highest BCUT2D eigenvalue weighted by Gasteiger charge is 2.41. The first-order valence-corrected chi connectivity index (χ1v) is 7.70. The van der Waals surface area contributed by atoms with Crippen molar-refractivity contribution in [1.82, 2.24) is 15.1 Å². The van der Waals surface area contributed by atoms with E-state index in [2.05, 4.69) is 10.2 Å². The quantitative estimate of drug-likeness (QED) is 0.727. The van der Waals surface area contributed by atoms with Gasteiger partial charge in [-0.2, -0.15) is 0 Å². The highest BCUT2D eigenvalue weighted by atomic mass is 16.3. The van der Waals surface area contributed by atoms with Gasteiger partial charge in [0.1, 0.15) is 0 Å². The molecule has 1 saturated carbocycles. The lowest BCUT2D eigenvalue weighted by Gasteiger charge is -2.36. The molecule has 3 unspecified atom stereocenters. The summed E-state index contributed by atoms with van der Waals surface area (Å²) in [6.07, 6.45) is 4.87. The summed E-state index contributed by atoms with van der Waals surface area (Å²) in [6, 6.07) is 0.246. The lowest BCUT2D eigenvalue weighted by Crippen LogP contribution is -2.55. The molecule has 5 heteroatoms. The smallest absolute Gasteiger partial charge is 0.240 e. The summed E-state index contributed by atoms with van der Waals surface area (Å²) in [5.74, 6) is 0.290. The maximum absolute atomic E-state index is 12.6. The van der Waals surface area contributed by atoms with Gasteiger partial charge >= 0.3 is 0 Å². The molecule has 0 bridgehead atoms. The molecule has 0 aromatic heterocycles. The molecule has 0 radical (unpaired) electrons. The molecule has 2 aliphatic heterocycles. The maximum Gasteiger partial charge on any atom is 0.240 e. The molecular weight excluding hydrogens is 242 g/mol. The van der Waals surface area contributed by atoms with Crippen LogP contribution in [-0.2, 0) is 4.79 Å². The summed E-state index contributed by atoms with van der Waals surface area (Å²) in [6.45, 7) is 4.45. The van der Waals surface area contributed by atoms with Gasteiger partial charge in [0.05, 0.1) is 12.1 Å². The standard InChI is InChI=1S/C14H25N3O2/c18-13-5-1-3-11(13)17-8-2-4-12(17)14(19)16-9-6-15-7-10-16/h11-13,15,18H,1-10H2. The van der Waals surface area contributed by atoms with Crippen molar-refractivity contribution >= 4 is 5.91 Å². The van der Waals surface area contributed by atoms with Crippen LogP contribution < -0.4 is 5.32 Å². The van der Waals surface area contributed by atoms with Crippen LogP contribution in [0.1, 0.15) is 32.1 Å². The monoisotopic (exact) mass is 267 g/mol. The lowest BCUT2D eigenvalue weighted by atomic mass is 10.1. The van der Waals surface area contributed by atoms with E-state index in [1.807, 2.05) is 4.90 Å². The molecule has 19 heavy (non-hydrogen) atoms. The van der Waals surface area contributed by atoms with Crippen LogP contribution in [0.4, 0.5) is 0 Å². The van der Waals surface area contributed by atoms with Gasteiger partial charge in [-0.25, -0.2) is 0 Å². The Morgan fingerprint density at radius 2 is 1.84 bits per heavy atom. The van der Waals surface area contributed by atoms with Crippen LogP contribution in [0.2, 0.25) is 0 Å². The first kappa shape index (κ1) is 13.3. The van der Waals surface area contributed by atoms with Crippen LogP contribution in [0.5, 0.6) is 0 Å². The zero-order valence-corrected chi connectivity index (χ0v) is 11.6. The summed E-state index contributed by atoms with van der Waals surface area (Å²) in [5.41, 5.74) is 0. The zero-order valence-electron chi connectivity index (χ0n) is 11.6. The van der Waals surface area contributed by atoms with Crippen molar-refractivity contribution < 1.29 is 9.90 Å². The fourth-order valence-electron chi connectivity index (χ4n) is 3.85. The van der Waals surface area contributed by atoms with E-state index in [0.717, 1.165) is 64.8 Å². The van der Waals surface area contributed by atoms with E-state index < -0.39 is 0 Å². The van der Waals surface area contributed by atoms with E-state index in [1.54, 1.807) is 0 Å². The number of hydrogen-bond acceptors (Lipinski definition) is 4. The SMILES string of the molecule is O=C(C1CCCN1C1CCCC1O)N1CCNCC1. The molecule has 3 fully saturated rings. The first-order valence-electron chi connectivity index (χ1n) is 7.70. The predicted molar refractivity (Wildman–Crippen MR) is 72.8 cm³/mol. The van der Waals surface area contributed by atoms with Crippen LogP contribution in [0.25, 0.3) is 0 Å². The van der Waals surface area contributed by atoms with Crippen LogP contribution in [0.15, 0.2) is 0 Å². The summed E-state index contributed by atoms with van der Waals surface area (Å²) in [7, 11) is 0. The second-order valence-corrected chi connectivity index (χ2v) is 6.04. The van der Waals surface area contributed by atoms with Crippen LogP contribution in [0.3, 0.4) is 0 Å². The minimum absolute atomic E-state index is 0.0239. The first-order chi connectivity index (χ1) is 9.27. The van der Waals surface area contributed by atoms with Crippen molar-refractivity contribution in [3.8, 4) is 0 Å². The average Bonchev–Trinajstić information content (AvgIpc) is 3.07. The number of amides is 1. The maximum atomic E-state index is 12.6. The molecule has 108 valence electrons. The molecule has 5 nitrogen and oxygen atoms in total. The van der Waals surface area contributed by atoms with Gasteiger partial charge in [0.2, 0.25) is 5.91 Å². The molecule has 2 heterocycles. The number of likely N-dealkylation sites (tertiary alicyclic amines) is 1. The van der Waals surface area contributed by atoms with E-state index in [-0.39, 0.29) is 24.1 Å². The Labute approximate surface area is 114 Å². The average molecular weight is 267 g/mol. The Morgan fingerprint density at radius 3 is 2.53 bits per heavy atom. The molecule has 0 aromatic carbocycles. The van der Waals surface area contributed by atoms with Gasteiger partial charge in [0, 0.05) is 32.2 Å². The van der Waals surface area contributed by atoms with Crippen LogP contribution in [0, 0.1) is 0 Å². The van der Waals surface area contributed by atoms with E-state index in [0.29, 0.717) is 0 Å². The lowest BCUT2D eigenvalue weighted by molar-refractivity contribution is -0.137. The van der Waals surface area contributed by atoms with Crippen molar-refractivity contribution in [2.75, 3.05) is 32.7 Å². The number of carbonyl (C=O) groups excluding carboxylic acids is 1. The van der Waals surface area contributed by atoms with Gasteiger partial charge in [-0.05, 0) is 38.6 Å². The molecule has 3 atom stereocenters. The van der Waals surface area contributed by atoms with E-state index in [4.69, 9.17) is 0 Å². The van der Waals surface area contributed by atoms with Gasteiger partial charge in [-0.3, -0.25) is 9.69 Å².